The van der Waals surface area contributed by atoms with Crippen LogP contribution in [-0.4, -0.2) is 46.8 Å². The maximum atomic E-state index is 13.2. The lowest BCUT2D eigenvalue weighted by molar-refractivity contribution is -0.118. The molecule has 0 aromatic rings. The van der Waals surface area contributed by atoms with E-state index in [-0.39, 0.29) is 18.1 Å². The second-order valence-corrected chi connectivity index (χ2v) is 9.26. The minimum absolute atomic E-state index is 0.0404. The van der Waals surface area contributed by atoms with E-state index >= 15 is 0 Å². The molecule has 2 N–H and O–H groups in total. The number of nitrogens with one attached hydrogen (secondary N) is 1. The molecule has 2 heterocycles. The van der Waals surface area contributed by atoms with Crippen molar-refractivity contribution in [2.75, 3.05) is 12.9 Å². The molecule has 0 aromatic carbocycles. The Bertz CT molecular complexity index is 827. The van der Waals surface area contributed by atoms with Gasteiger partial charge in [0.15, 0.2) is 0 Å². The molecule has 0 radical (unpaired) electrons. The van der Waals surface area contributed by atoms with Gasteiger partial charge in [-0.15, -0.1) is 11.6 Å². The van der Waals surface area contributed by atoms with Crippen molar-refractivity contribution in [3.8, 4) is 0 Å². The van der Waals surface area contributed by atoms with E-state index in [1.165, 1.54) is 0 Å². The van der Waals surface area contributed by atoms with Crippen LogP contribution in [-0.2, 0) is 4.79 Å². The summed E-state index contributed by atoms with van der Waals surface area (Å²) >= 11 is 7.36. The Morgan fingerprint density at radius 2 is 2.19 bits per heavy atom. The van der Waals surface area contributed by atoms with Crippen LogP contribution in [0.25, 0.3) is 0 Å². The Kier molecular flexibility index (Phi) is 10.6. The lowest BCUT2D eigenvalue weighted by Crippen LogP contribution is -2.36. The van der Waals surface area contributed by atoms with E-state index < -0.39 is 0 Å². The number of thioether (sulfide) groups is 1. The van der Waals surface area contributed by atoms with E-state index in [1.54, 1.807) is 11.8 Å². The molecule has 170 valence electrons. The first-order valence-corrected chi connectivity index (χ1v) is 12.2. The first-order valence-electron chi connectivity index (χ1n) is 10.8. The number of aliphatic hydroxyl groups is 1. The van der Waals surface area contributed by atoms with Crippen molar-refractivity contribution in [3.05, 3.63) is 57.7 Å². The van der Waals surface area contributed by atoms with Crippen LogP contribution in [0.5, 0.6) is 0 Å². The molecule has 2 rings (SSSR count). The van der Waals surface area contributed by atoms with Crippen LogP contribution in [0.3, 0.4) is 0 Å². The fourth-order valence-corrected chi connectivity index (χ4v) is 4.49. The molecule has 2 atom stereocenters. The van der Waals surface area contributed by atoms with Crippen molar-refractivity contribution < 1.29 is 9.90 Å². The number of nitrogens with zero attached hydrogens (tertiary/aromatic N) is 2. The van der Waals surface area contributed by atoms with Crippen LogP contribution < -0.4 is 5.32 Å². The SMILES string of the molecule is C/C=C(\C/C=C\CCl)SC1=C(C(=O)NC(C)CCC(O)CC)N=C2C(=CC=CN2C)C1. The molecule has 0 spiro atoms. The minimum atomic E-state index is -0.326. The summed E-state index contributed by atoms with van der Waals surface area (Å²) in [6, 6.07) is -0.0404. The number of rotatable bonds is 11. The Morgan fingerprint density at radius 1 is 1.42 bits per heavy atom. The van der Waals surface area contributed by atoms with E-state index in [0.29, 0.717) is 24.4 Å². The quantitative estimate of drug-likeness (QED) is 0.324. The average Bonchev–Trinajstić information content (AvgIpc) is 2.76. The van der Waals surface area contributed by atoms with Gasteiger partial charge in [0.05, 0.1) is 6.10 Å². The second kappa shape index (κ2) is 12.9. The molecule has 2 aliphatic rings. The Morgan fingerprint density at radius 3 is 2.87 bits per heavy atom. The third kappa shape index (κ3) is 7.70. The van der Waals surface area contributed by atoms with E-state index in [0.717, 1.165) is 40.5 Å². The van der Waals surface area contributed by atoms with E-state index in [4.69, 9.17) is 16.6 Å². The molecule has 31 heavy (non-hydrogen) atoms. The number of hydrogen-bond donors (Lipinski definition) is 2. The standard InChI is InChI=1S/C24H34ClN3O2S/c1-5-19(29)13-12-17(3)26-24(30)22-21(31-20(6-2)11-7-8-14-25)16-18-10-9-15-28(4)23(18)27-22/h6-10,15,17,19,29H,5,11-14,16H2,1-4H3,(H,26,30)/b8-7-,20-6+. The van der Waals surface area contributed by atoms with Gasteiger partial charge in [-0.25, -0.2) is 4.99 Å². The smallest absolute Gasteiger partial charge is 0.271 e. The molecule has 0 fully saturated rings. The van der Waals surface area contributed by atoms with Gasteiger partial charge in [0.2, 0.25) is 0 Å². The van der Waals surface area contributed by atoms with Crippen LogP contribution in [0.15, 0.2) is 62.7 Å². The maximum Gasteiger partial charge on any atom is 0.271 e. The normalized spacial score (nSPS) is 18.6. The van der Waals surface area contributed by atoms with Crippen molar-refractivity contribution >= 4 is 35.1 Å². The van der Waals surface area contributed by atoms with Gasteiger partial charge in [-0.3, -0.25) is 4.79 Å². The largest absolute Gasteiger partial charge is 0.393 e. The van der Waals surface area contributed by atoms with E-state index in [9.17, 15) is 9.90 Å². The predicted octanol–water partition coefficient (Wildman–Crippen LogP) is 5.26. The number of aliphatic hydroxyl groups excluding tert-OH is 1. The number of alkyl halides is 1. The molecular weight excluding hydrogens is 430 g/mol. The number of hydrogen-bond acceptors (Lipinski definition) is 5. The fourth-order valence-electron chi connectivity index (χ4n) is 3.29. The van der Waals surface area contributed by atoms with Crippen molar-refractivity contribution in [3.63, 3.8) is 0 Å². The van der Waals surface area contributed by atoms with Crippen molar-refractivity contribution in [2.24, 2.45) is 4.99 Å². The number of aliphatic imine (C=N–C) groups is 1. The molecule has 1 amide bonds. The highest BCUT2D eigenvalue weighted by molar-refractivity contribution is 8.06. The fraction of sp³-hybridized carbons (Fsp3) is 0.500. The molecule has 0 saturated carbocycles. The van der Waals surface area contributed by atoms with Gasteiger partial charge in [-0.1, -0.05) is 43.0 Å². The Balaban J connectivity index is 2.24. The molecular formula is C24H34ClN3O2S. The number of carbonyl (C=O) groups is 1. The van der Waals surface area contributed by atoms with E-state index in [1.807, 2.05) is 57.1 Å². The second-order valence-electron chi connectivity index (χ2n) is 7.73. The average molecular weight is 464 g/mol. The number of likely N-dealkylation sites (N-methyl/N-ethyl adjacent to an activating group) is 1. The van der Waals surface area contributed by atoms with Gasteiger partial charge in [-0.05, 0) is 50.5 Å². The summed E-state index contributed by atoms with van der Waals surface area (Å²) in [6.07, 6.45) is 15.3. The molecule has 2 aliphatic heterocycles. The monoisotopic (exact) mass is 463 g/mol. The molecule has 0 aliphatic carbocycles. The number of carbonyl (C=O) groups excluding carboxylic acids is 1. The van der Waals surface area contributed by atoms with Crippen molar-refractivity contribution in [1.29, 1.82) is 0 Å². The highest BCUT2D eigenvalue weighted by Crippen LogP contribution is 2.39. The summed E-state index contributed by atoms with van der Waals surface area (Å²) in [4.78, 5) is 22.0. The van der Waals surface area contributed by atoms with E-state index in [2.05, 4.69) is 17.5 Å². The van der Waals surface area contributed by atoms with Crippen LogP contribution in [0.1, 0.15) is 52.9 Å². The number of amidine groups is 1. The lowest BCUT2D eigenvalue weighted by atomic mass is 10.0. The van der Waals surface area contributed by atoms with Gasteiger partial charge >= 0.3 is 0 Å². The molecule has 0 aromatic heterocycles. The third-order valence-corrected chi connectivity index (χ3v) is 6.64. The highest BCUT2D eigenvalue weighted by Gasteiger charge is 2.28. The summed E-state index contributed by atoms with van der Waals surface area (Å²) in [5.41, 5.74) is 1.58. The highest BCUT2D eigenvalue weighted by atomic mass is 35.5. The molecule has 5 nitrogen and oxygen atoms in total. The van der Waals surface area contributed by atoms with Gasteiger partial charge in [0.25, 0.3) is 5.91 Å². The van der Waals surface area contributed by atoms with Crippen LogP contribution in [0, 0.1) is 0 Å². The van der Waals surface area contributed by atoms with Gasteiger partial charge in [0, 0.05) is 42.1 Å². The van der Waals surface area contributed by atoms with Gasteiger partial charge in [0.1, 0.15) is 11.5 Å². The number of fused-ring (bicyclic) bond motifs is 1. The van der Waals surface area contributed by atoms with Gasteiger partial charge < -0.3 is 15.3 Å². The number of halogens is 1. The first kappa shape index (κ1) is 25.5. The summed E-state index contributed by atoms with van der Waals surface area (Å²) in [7, 11) is 1.94. The van der Waals surface area contributed by atoms with Crippen LogP contribution >= 0.6 is 23.4 Å². The minimum Gasteiger partial charge on any atom is -0.393 e. The molecule has 0 bridgehead atoms. The zero-order valence-corrected chi connectivity index (χ0v) is 20.5. The van der Waals surface area contributed by atoms with Gasteiger partial charge in [-0.2, -0.15) is 0 Å². The van der Waals surface area contributed by atoms with Crippen LogP contribution in [0.2, 0.25) is 0 Å². The zero-order valence-electron chi connectivity index (χ0n) is 18.9. The maximum absolute atomic E-state index is 13.2. The van der Waals surface area contributed by atoms with Crippen LogP contribution in [0.4, 0.5) is 0 Å². The topological polar surface area (TPSA) is 64.9 Å². The molecule has 2 unspecified atom stereocenters. The number of amides is 1. The molecule has 0 saturated heterocycles. The summed E-state index contributed by atoms with van der Waals surface area (Å²) in [5.74, 6) is 1.14. The molecule has 7 heteroatoms. The summed E-state index contributed by atoms with van der Waals surface area (Å²) < 4.78 is 0. The summed E-state index contributed by atoms with van der Waals surface area (Å²) in [6.45, 7) is 5.94. The summed E-state index contributed by atoms with van der Waals surface area (Å²) in [5, 5.41) is 12.9. The lowest BCUT2D eigenvalue weighted by Gasteiger charge is -2.28. The number of allylic oxidation sites excluding steroid dienone is 7. The van der Waals surface area contributed by atoms with Crippen molar-refractivity contribution in [1.82, 2.24) is 10.2 Å². The Labute approximate surface area is 195 Å². The first-order chi connectivity index (χ1) is 14.9. The van der Waals surface area contributed by atoms with Crippen molar-refractivity contribution in [2.45, 2.75) is 65.0 Å². The Hall–Kier alpha value is -1.76. The zero-order chi connectivity index (χ0) is 22.8. The predicted molar refractivity (Wildman–Crippen MR) is 133 cm³/mol. The third-order valence-electron chi connectivity index (χ3n) is 5.21.